The Morgan fingerprint density at radius 2 is 1.67 bits per heavy atom. The molecule has 0 aromatic heterocycles. The van der Waals surface area contributed by atoms with Gasteiger partial charge in [-0.2, -0.15) is 0 Å². The van der Waals surface area contributed by atoms with Gasteiger partial charge in [0, 0.05) is 23.5 Å². The molecule has 0 fully saturated rings. The quantitative estimate of drug-likeness (QED) is 0.354. The van der Waals surface area contributed by atoms with E-state index in [1.165, 1.54) is 18.2 Å². The van der Waals surface area contributed by atoms with Crippen LogP contribution in [0.1, 0.15) is 22.8 Å². The molecule has 0 aliphatic heterocycles. The van der Waals surface area contributed by atoms with Gasteiger partial charge in [0.15, 0.2) is 0 Å². The van der Waals surface area contributed by atoms with Gasteiger partial charge in [0.05, 0.1) is 28.6 Å². The molecule has 0 saturated heterocycles. The van der Waals surface area contributed by atoms with E-state index in [1.54, 1.807) is 38.1 Å². The summed E-state index contributed by atoms with van der Waals surface area (Å²) in [6, 6.07) is 10.5. The molecule has 0 radical (unpaired) electrons. The van der Waals surface area contributed by atoms with Crippen molar-refractivity contribution in [3.8, 4) is 0 Å². The summed E-state index contributed by atoms with van der Waals surface area (Å²) in [5.74, 6) is -0.926. The second-order valence-electron chi connectivity index (χ2n) is 6.14. The van der Waals surface area contributed by atoms with Gasteiger partial charge in [-0.3, -0.25) is 19.7 Å². The van der Waals surface area contributed by atoms with Crippen LogP contribution < -0.4 is 10.6 Å². The van der Waals surface area contributed by atoms with Gasteiger partial charge in [0.25, 0.3) is 5.69 Å². The molecule has 30 heavy (non-hydrogen) atoms. The highest BCUT2D eigenvalue weighted by molar-refractivity contribution is 8.00. The fourth-order valence-corrected chi connectivity index (χ4v) is 3.04. The molecule has 2 amide bonds. The number of aryl methyl sites for hydroxylation is 1. The zero-order chi connectivity index (χ0) is 22.1. The van der Waals surface area contributed by atoms with Gasteiger partial charge >= 0.3 is 5.97 Å². The highest BCUT2D eigenvalue weighted by Crippen LogP contribution is 2.21. The van der Waals surface area contributed by atoms with Crippen LogP contribution in [0, 0.1) is 17.0 Å². The normalized spacial score (nSPS) is 10.2. The molecule has 10 heteroatoms. The maximum absolute atomic E-state index is 12.0. The second-order valence-corrected chi connectivity index (χ2v) is 7.13. The Morgan fingerprint density at radius 1 is 1.03 bits per heavy atom. The standard InChI is InChI=1S/C20H21N3O6S/c1-3-29-20(26)14-4-6-15(7-5-14)21-18(24)11-30-12-19(25)22-17-9-8-16(23(27)28)10-13(17)2/h4-10H,3,11-12H2,1-2H3,(H,21,24)(H,22,25). The minimum absolute atomic E-state index is 0.0473. The van der Waals surface area contributed by atoms with Crippen LogP contribution in [-0.2, 0) is 14.3 Å². The van der Waals surface area contributed by atoms with Crippen molar-refractivity contribution >= 4 is 46.6 Å². The van der Waals surface area contributed by atoms with Crippen molar-refractivity contribution in [2.24, 2.45) is 0 Å². The topological polar surface area (TPSA) is 128 Å². The van der Waals surface area contributed by atoms with E-state index in [2.05, 4.69) is 10.6 Å². The molecule has 0 aliphatic rings. The van der Waals surface area contributed by atoms with Crippen molar-refractivity contribution in [1.29, 1.82) is 0 Å². The molecule has 0 saturated carbocycles. The Morgan fingerprint density at radius 3 is 2.23 bits per heavy atom. The third kappa shape index (κ3) is 6.89. The lowest BCUT2D eigenvalue weighted by Crippen LogP contribution is -2.19. The molecule has 0 aliphatic carbocycles. The van der Waals surface area contributed by atoms with Gasteiger partial charge in [-0.15, -0.1) is 11.8 Å². The van der Waals surface area contributed by atoms with Gasteiger partial charge in [-0.1, -0.05) is 0 Å². The van der Waals surface area contributed by atoms with Crippen LogP contribution in [0.2, 0.25) is 0 Å². The van der Waals surface area contributed by atoms with Crippen molar-refractivity contribution in [2.75, 3.05) is 28.7 Å². The molecule has 0 unspecified atom stereocenters. The number of esters is 1. The molecule has 2 N–H and O–H groups in total. The van der Waals surface area contributed by atoms with Crippen LogP contribution in [-0.4, -0.2) is 40.8 Å². The monoisotopic (exact) mass is 431 g/mol. The van der Waals surface area contributed by atoms with Gasteiger partial charge < -0.3 is 15.4 Å². The second kappa shape index (κ2) is 11.0. The van der Waals surface area contributed by atoms with Crippen molar-refractivity contribution in [3.05, 3.63) is 63.7 Å². The molecule has 0 spiro atoms. The van der Waals surface area contributed by atoms with E-state index in [0.717, 1.165) is 11.8 Å². The van der Waals surface area contributed by atoms with Crippen LogP contribution in [0.5, 0.6) is 0 Å². The lowest BCUT2D eigenvalue weighted by atomic mass is 10.2. The van der Waals surface area contributed by atoms with Gasteiger partial charge in [-0.25, -0.2) is 4.79 Å². The number of thioether (sulfide) groups is 1. The number of carbonyl (C=O) groups excluding carboxylic acids is 3. The number of benzene rings is 2. The summed E-state index contributed by atoms with van der Waals surface area (Å²) in [7, 11) is 0. The highest BCUT2D eigenvalue weighted by Gasteiger charge is 2.12. The third-order valence-electron chi connectivity index (χ3n) is 3.84. The van der Waals surface area contributed by atoms with Crippen molar-refractivity contribution in [2.45, 2.75) is 13.8 Å². The number of nitro benzene ring substituents is 1. The average Bonchev–Trinajstić information content (AvgIpc) is 2.70. The number of nitrogens with zero attached hydrogens (tertiary/aromatic N) is 1. The van der Waals surface area contributed by atoms with Crippen LogP contribution in [0.4, 0.5) is 17.1 Å². The molecular formula is C20H21N3O6S. The van der Waals surface area contributed by atoms with Gasteiger partial charge in [0.2, 0.25) is 11.8 Å². The Hall–Kier alpha value is -3.40. The largest absolute Gasteiger partial charge is 0.462 e. The van der Waals surface area contributed by atoms with Crippen molar-refractivity contribution in [1.82, 2.24) is 0 Å². The number of rotatable bonds is 9. The van der Waals surface area contributed by atoms with E-state index in [4.69, 9.17) is 4.74 Å². The fourth-order valence-electron chi connectivity index (χ4n) is 2.43. The number of hydrogen-bond donors (Lipinski definition) is 2. The van der Waals surface area contributed by atoms with Crippen LogP contribution in [0.25, 0.3) is 0 Å². The first kappa shape index (κ1) is 22.9. The van der Waals surface area contributed by atoms with Crippen LogP contribution in [0.15, 0.2) is 42.5 Å². The summed E-state index contributed by atoms with van der Waals surface area (Å²) in [4.78, 5) is 45.9. The molecule has 0 heterocycles. The zero-order valence-corrected chi connectivity index (χ0v) is 17.3. The molecular weight excluding hydrogens is 410 g/mol. The van der Waals surface area contributed by atoms with E-state index < -0.39 is 10.9 Å². The molecule has 158 valence electrons. The first-order valence-electron chi connectivity index (χ1n) is 8.99. The average molecular weight is 431 g/mol. The molecule has 0 atom stereocenters. The number of ether oxygens (including phenoxy) is 1. The Labute approximate surface area is 177 Å². The lowest BCUT2D eigenvalue weighted by Gasteiger charge is -2.09. The highest BCUT2D eigenvalue weighted by atomic mass is 32.2. The zero-order valence-electron chi connectivity index (χ0n) is 16.5. The first-order chi connectivity index (χ1) is 14.3. The summed E-state index contributed by atoms with van der Waals surface area (Å²) >= 11 is 1.13. The minimum atomic E-state index is -0.503. The number of hydrogen-bond acceptors (Lipinski definition) is 7. The number of carbonyl (C=O) groups is 3. The van der Waals surface area contributed by atoms with E-state index in [1.807, 2.05) is 0 Å². The van der Waals surface area contributed by atoms with E-state index >= 15 is 0 Å². The Kier molecular flexibility index (Phi) is 8.36. The van der Waals surface area contributed by atoms with Gasteiger partial charge in [-0.05, 0) is 49.7 Å². The van der Waals surface area contributed by atoms with E-state index in [0.29, 0.717) is 22.5 Å². The summed E-state index contributed by atoms with van der Waals surface area (Å²) in [6.07, 6.45) is 0. The van der Waals surface area contributed by atoms with Gasteiger partial charge in [0.1, 0.15) is 0 Å². The molecule has 9 nitrogen and oxygen atoms in total. The SMILES string of the molecule is CCOC(=O)c1ccc(NC(=O)CSCC(=O)Nc2ccc([N+](=O)[O-])cc2C)cc1. The van der Waals surface area contributed by atoms with Crippen molar-refractivity contribution in [3.63, 3.8) is 0 Å². The number of anilines is 2. The maximum Gasteiger partial charge on any atom is 0.338 e. The first-order valence-corrected chi connectivity index (χ1v) is 10.1. The predicted octanol–water partition coefficient (Wildman–Crippen LogP) is 3.39. The molecule has 2 aromatic carbocycles. The van der Waals surface area contributed by atoms with Crippen molar-refractivity contribution < 1.29 is 24.0 Å². The minimum Gasteiger partial charge on any atom is -0.462 e. The Balaban J connectivity index is 1.77. The number of non-ortho nitro benzene ring substituents is 1. The number of amides is 2. The van der Waals surface area contributed by atoms with E-state index in [-0.39, 0.29) is 35.6 Å². The Bertz CT molecular complexity index is 946. The van der Waals surface area contributed by atoms with Crippen LogP contribution in [0.3, 0.4) is 0 Å². The molecule has 2 aromatic rings. The maximum atomic E-state index is 12.0. The fraction of sp³-hybridized carbons (Fsp3) is 0.250. The summed E-state index contributed by atoms with van der Waals surface area (Å²) in [6.45, 7) is 3.67. The number of nitro groups is 1. The summed E-state index contributed by atoms with van der Waals surface area (Å²) < 4.78 is 4.89. The third-order valence-corrected chi connectivity index (χ3v) is 4.77. The smallest absolute Gasteiger partial charge is 0.338 e. The summed E-state index contributed by atoms with van der Waals surface area (Å²) in [5.41, 5.74) is 1.93. The predicted molar refractivity (Wildman–Crippen MR) is 115 cm³/mol. The molecule has 0 bridgehead atoms. The number of nitrogens with one attached hydrogen (secondary N) is 2. The lowest BCUT2D eigenvalue weighted by molar-refractivity contribution is -0.384. The molecule has 2 rings (SSSR count). The van der Waals surface area contributed by atoms with Crippen LogP contribution >= 0.6 is 11.8 Å². The summed E-state index contributed by atoms with van der Waals surface area (Å²) in [5, 5.41) is 16.1. The van der Waals surface area contributed by atoms with E-state index in [9.17, 15) is 24.5 Å².